The van der Waals surface area contributed by atoms with Crippen molar-refractivity contribution in [3.8, 4) is 0 Å². The van der Waals surface area contributed by atoms with Crippen LogP contribution in [0.1, 0.15) is 46.4 Å². The molecule has 1 saturated heterocycles. The fraction of sp³-hybridized carbons (Fsp3) is 0.417. The van der Waals surface area contributed by atoms with Gasteiger partial charge in [-0.15, -0.1) is 11.3 Å². The Morgan fingerprint density at radius 2 is 1.97 bits per heavy atom. The van der Waals surface area contributed by atoms with Gasteiger partial charge in [0.25, 0.3) is 5.91 Å². The minimum Gasteiger partial charge on any atom is -0.397 e. The van der Waals surface area contributed by atoms with Crippen LogP contribution in [0, 0.1) is 6.92 Å². The van der Waals surface area contributed by atoms with E-state index in [2.05, 4.69) is 32.7 Å². The Bertz CT molecular complexity index is 1240. The molecule has 4 heterocycles. The van der Waals surface area contributed by atoms with Crippen molar-refractivity contribution in [1.82, 2.24) is 20.6 Å². The third kappa shape index (κ3) is 4.37. The van der Waals surface area contributed by atoms with Crippen molar-refractivity contribution in [3.05, 3.63) is 46.1 Å². The number of nitrogen functional groups attached to an aromatic ring is 1. The molecule has 1 fully saturated rings. The number of thiophene rings is 1. The number of nitrogens with two attached hydrogens (primary N) is 1. The number of carbonyl (C=O) groups is 2. The summed E-state index contributed by atoms with van der Waals surface area (Å²) in [5, 5.41) is 7.00. The maximum absolute atomic E-state index is 13.0. The van der Waals surface area contributed by atoms with Crippen LogP contribution in [0.2, 0.25) is 0 Å². The second-order valence-corrected chi connectivity index (χ2v) is 9.97. The predicted molar refractivity (Wildman–Crippen MR) is 131 cm³/mol. The van der Waals surface area contributed by atoms with Gasteiger partial charge in [-0.1, -0.05) is 6.07 Å². The van der Waals surface area contributed by atoms with Crippen LogP contribution >= 0.6 is 11.3 Å². The summed E-state index contributed by atoms with van der Waals surface area (Å²) in [4.78, 5) is 37.3. The summed E-state index contributed by atoms with van der Waals surface area (Å²) in [5.74, 6) is 0.842. The average molecular weight is 465 g/mol. The number of hydrogen-bond donors (Lipinski definition) is 3. The van der Waals surface area contributed by atoms with Gasteiger partial charge in [0.2, 0.25) is 5.91 Å². The lowest BCUT2D eigenvalue weighted by molar-refractivity contribution is -0.119. The van der Waals surface area contributed by atoms with Crippen LogP contribution < -0.4 is 21.3 Å². The van der Waals surface area contributed by atoms with E-state index in [-0.39, 0.29) is 23.9 Å². The van der Waals surface area contributed by atoms with E-state index in [0.717, 1.165) is 66.2 Å². The third-order valence-corrected chi connectivity index (χ3v) is 7.56. The van der Waals surface area contributed by atoms with Crippen molar-refractivity contribution >= 4 is 44.9 Å². The smallest absolute Gasteiger partial charge is 0.263 e. The first-order valence-corrected chi connectivity index (χ1v) is 12.2. The Labute approximate surface area is 196 Å². The number of pyridine rings is 2. The molecule has 2 atom stereocenters. The molecule has 0 radical (unpaired) electrons. The highest BCUT2D eigenvalue weighted by molar-refractivity contribution is 7.21. The van der Waals surface area contributed by atoms with Gasteiger partial charge in [0, 0.05) is 48.9 Å². The van der Waals surface area contributed by atoms with Gasteiger partial charge >= 0.3 is 0 Å². The van der Waals surface area contributed by atoms with Crippen molar-refractivity contribution in [2.75, 3.05) is 23.7 Å². The molecule has 172 valence electrons. The van der Waals surface area contributed by atoms with Crippen LogP contribution in [-0.4, -0.2) is 47.0 Å². The third-order valence-electron chi connectivity index (χ3n) is 6.44. The minimum atomic E-state index is -0.132. The maximum atomic E-state index is 13.0. The molecule has 0 unspecified atom stereocenters. The van der Waals surface area contributed by atoms with E-state index in [4.69, 9.17) is 10.7 Å². The van der Waals surface area contributed by atoms with Crippen molar-refractivity contribution in [1.29, 1.82) is 0 Å². The minimum absolute atomic E-state index is 0.0112. The van der Waals surface area contributed by atoms with Crippen molar-refractivity contribution in [2.24, 2.45) is 0 Å². The zero-order valence-corrected chi connectivity index (χ0v) is 19.7. The van der Waals surface area contributed by atoms with Gasteiger partial charge < -0.3 is 21.3 Å². The molecular formula is C24H28N6O2S. The molecule has 0 bridgehead atoms. The number of hydrogen-bond acceptors (Lipinski definition) is 7. The highest BCUT2D eigenvalue weighted by atomic mass is 32.1. The summed E-state index contributed by atoms with van der Waals surface area (Å²) in [6.45, 7) is 5.16. The number of amides is 2. The predicted octanol–water partition coefficient (Wildman–Crippen LogP) is 2.58. The van der Waals surface area contributed by atoms with Crippen LogP contribution in [0.4, 0.5) is 11.5 Å². The molecule has 3 aromatic heterocycles. The first-order valence-electron chi connectivity index (χ1n) is 11.3. The van der Waals surface area contributed by atoms with E-state index in [9.17, 15) is 9.59 Å². The number of nitrogens with zero attached hydrogens (tertiary/aromatic N) is 3. The Morgan fingerprint density at radius 1 is 1.12 bits per heavy atom. The molecule has 0 spiro atoms. The fourth-order valence-corrected chi connectivity index (χ4v) is 5.82. The monoisotopic (exact) mass is 464 g/mol. The van der Waals surface area contributed by atoms with Crippen molar-refractivity contribution < 1.29 is 9.59 Å². The molecule has 33 heavy (non-hydrogen) atoms. The van der Waals surface area contributed by atoms with Crippen molar-refractivity contribution in [3.63, 3.8) is 0 Å². The van der Waals surface area contributed by atoms with Crippen LogP contribution in [0.5, 0.6) is 0 Å². The van der Waals surface area contributed by atoms with Gasteiger partial charge in [-0.2, -0.15) is 0 Å². The fourth-order valence-electron chi connectivity index (χ4n) is 4.78. The van der Waals surface area contributed by atoms with Crippen LogP contribution in [0.15, 0.2) is 24.3 Å². The first kappa shape index (κ1) is 21.6. The van der Waals surface area contributed by atoms with Gasteiger partial charge in [-0.25, -0.2) is 9.97 Å². The molecule has 0 aromatic carbocycles. The molecule has 1 aliphatic carbocycles. The summed E-state index contributed by atoms with van der Waals surface area (Å²) >= 11 is 1.35. The van der Waals surface area contributed by atoms with E-state index in [1.165, 1.54) is 16.9 Å². The average Bonchev–Trinajstić information content (AvgIpc) is 3.37. The summed E-state index contributed by atoms with van der Waals surface area (Å²) < 4.78 is 0. The summed E-state index contributed by atoms with van der Waals surface area (Å²) in [7, 11) is 0. The molecule has 2 aliphatic rings. The first-order chi connectivity index (χ1) is 15.9. The maximum Gasteiger partial charge on any atom is 0.263 e. The molecule has 8 nitrogen and oxygen atoms in total. The molecule has 5 rings (SSSR count). The van der Waals surface area contributed by atoms with Gasteiger partial charge in [0.15, 0.2) is 0 Å². The number of rotatable bonds is 4. The Kier molecular flexibility index (Phi) is 5.65. The normalized spacial score (nSPS) is 20.0. The summed E-state index contributed by atoms with van der Waals surface area (Å²) in [6, 6.07) is 8.25. The number of fused-ring (bicyclic) bond motifs is 2. The summed E-state index contributed by atoms with van der Waals surface area (Å²) in [5.41, 5.74) is 9.94. The Balaban J connectivity index is 1.25. The van der Waals surface area contributed by atoms with E-state index < -0.39 is 0 Å². The SMILES string of the molecule is CC(=O)N[C@H]1CCN(c2ccc3c(n2)CC[C@H](NC(=O)c2sc4nc(C)ccc4c2N)C3)C1. The highest BCUT2D eigenvalue weighted by Gasteiger charge is 2.27. The van der Waals surface area contributed by atoms with Crippen molar-refractivity contribution in [2.45, 2.75) is 51.6 Å². The number of aromatic nitrogens is 2. The Hall–Kier alpha value is -3.20. The van der Waals surface area contributed by atoms with Crippen LogP contribution in [0.3, 0.4) is 0 Å². The van der Waals surface area contributed by atoms with Crippen LogP contribution in [-0.2, 0) is 17.6 Å². The lowest BCUT2D eigenvalue weighted by atomic mass is 9.91. The van der Waals surface area contributed by atoms with Gasteiger partial charge in [-0.3, -0.25) is 9.59 Å². The molecule has 9 heteroatoms. The number of carbonyl (C=O) groups excluding carboxylic acids is 2. The lowest BCUT2D eigenvalue weighted by Gasteiger charge is -2.26. The molecule has 0 saturated carbocycles. The largest absolute Gasteiger partial charge is 0.397 e. The second kappa shape index (κ2) is 8.62. The van der Waals surface area contributed by atoms with E-state index in [1.54, 1.807) is 6.92 Å². The van der Waals surface area contributed by atoms with Gasteiger partial charge in [0.05, 0.1) is 5.69 Å². The standard InChI is InChI=1S/C24H28N6O2S/c1-13-3-6-18-21(25)22(33-24(18)26-13)23(32)28-16-5-7-19-15(11-16)4-8-20(29-19)30-10-9-17(12-30)27-14(2)31/h3-4,6,8,16-17H,5,7,9-12,25H2,1-2H3,(H,27,31)(H,28,32)/t16-,17-/m0/s1. The van der Waals surface area contributed by atoms with Gasteiger partial charge in [-0.05, 0) is 56.4 Å². The zero-order chi connectivity index (χ0) is 23.1. The quantitative estimate of drug-likeness (QED) is 0.547. The molecule has 4 N–H and O–H groups in total. The number of nitrogens with one attached hydrogen (secondary N) is 2. The molecule has 3 aromatic rings. The van der Waals surface area contributed by atoms with E-state index in [1.807, 2.05) is 19.1 Å². The Morgan fingerprint density at radius 3 is 2.79 bits per heavy atom. The molecular weight excluding hydrogens is 436 g/mol. The van der Waals surface area contributed by atoms with Crippen LogP contribution in [0.25, 0.3) is 10.2 Å². The lowest BCUT2D eigenvalue weighted by Crippen LogP contribution is -2.39. The molecule has 1 aliphatic heterocycles. The number of aryl methyl sites for hydroxylation is 2. The van der Waals surface area contributed by atoms with Gasteiger partial charge in [0.1, 0.15) is 15.5 Å². The topological polar surface area (TPSA) is 113 Å². The molecule has 2 amide bonds. The second-order valence-electron chi connectivity index (χ2n) is 8.97. The zero-order valence-electron chi connectivity index (χ0n) is 18.9. The van der Waals surface area contributed by atoms with E-state index in [0.29, 0.717) is 10.6 Å². The number of anilines is 2. The highest BCUT2D eigenvalue weighted by Crippen LogP contribution is 2.33. The summed E-state index contributed by atoms with van der Waals surface area (Å²) in [6.07, 6.45) is 3.35. The van der Waals surface area contributed by atoms with E-state index >= 15 is 0 Å².